The van der Waals surface area contributed by atoms with Gasteiger partial charge in [0.05, 0.1) is 0 Å². The van der Waals surface area contributed by atoms with Crippen LogP contribution >= 0.6 is 0 Å². The molecule has 0 N–H and O–H groups in total. The van der Waals surface area contributed by atoms with E-state index in [-0.39, 0.29) is 5.78 Å². The average Bonchev–Trinajstić information content (AvgIpc) is 2.35. The Labute approximate surface area is 105 Å². The fourth-order valence-electron chi connectivity index (χ4n) is 1.95. The number of carbonyl (C=O) groups excluding carboxylic acids is 1. The summed E-state index contributed by atoms with van der Waals surface area (Å²) in [6.45, 7) is 9.41. The lowest BCUT2D eigenvalue weighted by atomic mass is 10.1. The van der Waals surface area contributed by atoms with Crippen LogP contribution in [0.3, 0.4) is 0 Å². The van der Waals surface area contributed by atoms with Crippen molar-refractivity contribution in [1.82, 2.24) is 4.90 Å². The van der Waals surface area contributed by atoms with Gasteiger partial charge in [-0.05, 0) is 45.0 Å². The van der Waals surface area contributed by atoms with E-state index in [4.69, 9.17) is 0 Å². The van der Waals surface area contributed by atoms with Gasteiger partial charge in [0.2, 0.25) is 0 Å². The molecule has 0 saturated carbocycles. The second-order valence-electron chi connectivity index (χ2n) is 4.38. The topological polar surface area (TPSA) is 20.3 Å². The van der Waals surface area contributed by atoms with Crippen LogP contribution in [-0.2, 0) is 6.42 Å². The average molecular weight is 233 g/mol. The number of carbonyl (C=O) groups is 1. The van der Waals surface area contributed by atoms with E-state index in [1.165, 1.54) is 12.0 Å². The van der Waals surface area contributed by atoms with Crippen LogP contribution in [-0.4, -0.2) is 30.3 Å². The van der Waals surface area contributed by atoms with Crippen molar-refractivity contribution < 1.29 is 4.79 Å². The summed E-state index contributed by atoms with van der Waals surface area (Å²) in [6, 6.07) is 7.99. The molecule has 0 unspecified atom stereocenters. The molecule has 0 heterocycles. The molecule has 2 nitrogen and oxygen atoms in total. The van der Waals surface area contributed by atoms with Crippen LogP contribution in [0.25, 0.3) is 0 Å². The Balaban J connectivity index is 2.39. The van der Waals surface area contributed by atoms with Crippen LogP contribution in [0.15, 0.2) is 24.3 Å². The van der Waals surface area contributed by atoms with Gasteiger partial charge in [0, 0.05) is 5.56 Å². The monoisotopic (exact) mass is 233 g/mol. The number of ketones is 1. The molecule has 0 aliphatic carbocycles. The summed E-state index contributed by atoms with van der Waals surface area (Å²) in [6.07, 6.45) is 2.27. The van der Waals surface area contributed by atoms with Gasteiger partial charge in [-0.15, -0.1) is 0 Å². The maximum atomic E-state index is 11.1. The Morgan fingerprint density at radius 1 is 1.12 bits per heavy atom. The Morgan fingerprint density at radius 2 is 1.71 bits per heavy atom. The van der Waals surface area contributed by atoms with Crippen molar-refractivity contribution in [2.75, 3.05) is 19.6 Å². The smallest absolute Gasteiger partial charge is 0.159 e. The molecule has 0 amide bonds. The zero-order chi connectivity index (χ0) is 12.7. The summed E-state index contributed by atoms with van der Waals surface area (Å²) in [5, 5.41) is 0. The Bertz CT molecular complexity index is 338. The molecule has 0 aliphatic rings. The molecule has 0 aromatic heterocycles. The van der Waals surface area contributed by atoms with Crippen LogP contribution in [0.4, 0.5) is 0 Å². The molecular weight excluding hydrogens is 210 g/mol. The molecule has 0 bridgehead atoms. The highest BCUT2D eigenvalue weighted by Gasteiger charge is 2.01. The number of Topliss-reactive ketones (excluding diaryl/α,β-unsaturated/α-hetero) is 1. The van der Waals surface area contributed by atoms with Crippen LogP contribution in [0, 0.1) is 0 Å². The molecule has 2 heteroatoms. The van der Waals surface area contributed by atoms with Gasteiger partial charge in [-0.3, -0.25) is 4.79 Å². The molecule has 1 rings (SSSR count). The molecule has 1 aromatic rings. The van der Waals surface area contributed by atoms with E-state index in [2.05, 4.69) is 30.9 Å². The standard InChI is InChI=1S/C15H23NO/c1-4-16(5-2)12-6-7-14-8-10-15(11-9-14)13(3)17/h8-11H,4-7,12H2,1-3H3. The Morgan fingerprint density at radius 3 is 2.18 bits per heavy atom. The number of rotatable bonds is 7. The predicted octanol–water partition coefficient (Wildman–Crippen LogP) is 3.16. The van der Waals surface area contributed by atoms with Crippen molar-refractivity contribution in [3.05, 3.63) is 35.4 Å². The van der Waals surface area contributed by atoms with Crippen LogP contribution in [0.1, 0.15) is 43.1 Å². The molecule has 0 saturated heterocycles. The summed E-state index contributed by atoms with van der Waals surface area (Å²) >= 11 is 0. The molecule has 0 atom stereocenters. The van der Waals surface area contributed by atoms with Crippen LogP contribution in [0.5, 0.6) is 0 Å². The highest BCUT2D eigenvalue weighted by molar-refractivity contribution is 5.93. The van der Waals surface area contributed by atoms with Gasteiger partial charge in [0.15, 0.2) is 5.78 Å². The van der Waals surface area contributed by atoms with Crippen molar-refractivity contribution in [1.29, 1.82) is 0 Å². The first kappa shape index (κ1) is 13.9. The number of benzene rings is 1. The SMILES string of the molecule is CCN(CC)CCCc1ccc(C(C)=O)cc1. The Hall–Kier alpha value is -1.15. The molecule has 17 heavy (non-hydrogen) atoms. The van der Waals surface area contributed by atoms with Gasteiger partial charge in [-0.1, -0.05) is 38.1 Å². The molecule has 94 valence electrons. The highest BCUT2D eigenvalue weighted by atomic mass is 16.1. The van der Waals surface area contributed by atoms with Crippen molar-refractivity contribution >= 4 is 5.78 Å². The van der Waals surface area contributed by atoms with E-state index in [1.807, 2.05) is 12.1 Å². The molecule has 1 aromatic carbocycles. The second-order valence-corrected chi connectivity index (χ2v) is 4.38. The lowest BCUT2D eigenvalue weighted by molar-refractivity contribution is 0.101. The first-order valence-electron chi connectivity index (χ1n) is 6.49. The van der Waals surface area contributed by atoms with Crippen molar-refractivity contribution in [2.45, 2.75) is 33.6 Å². The summed E-state index contributed by atoms with van der Waals surface area (Å²) in [5.41, 5.74) is 2.12. The number of hydrogen-bond acceptors (Lipinski definition) is 2. The van der Waals surface area contributed by atoms with Gasteiger partial charge >= 0.3 is 0 Å². The van der Waals surface area contributed by atoms with Crippen molar-refractivity contribution in [3.63, 3.8) is 0 Å². The van der Waals surface area contributed by atoms with Gasteiger partial charge in [0.1, 0.15) is 0 Å². The van der Waals surface area contributed by atoms with E-state index in [9.17, 15) is 4.79 Å². The molecule has 0 radical (unpaired) electrons. The highest BCUT2D eigenvalue weighted by Crippen LogP contribution is 2.08. The van der Waals surface area contributed by atoms with E-state index in [1.54, 1.807) is 6.92 Å². The first-order valence-corrected chi connectivity index (χ1v) is 6.49. The van der Waals surface area contributed by atoms with Gasteiger partial charge < -0.3 is 4.90 Å². The molecular formula is C15H23NO. The summed E-state index contributed by atoms with van der Waals surface area (Å²) in [4.78, 5) is 13.6. The fraction of sp³-hybridized carbons (Fsp3) is 0.533. The van der Waals surface area contributed by atoms with E-state index >= 15 is 0 Å². The summed E-state index contributed by atoms with van der Waals surface area (Å²) in [5.74, 6) is 0.139. The number of aryl methyl sites for hydroxylation is 1. The third-order valence-electron chi connectivity index (χ3n) is 3.19. The Kier molecular flexibility index (Phi) is 5.92. The van der Waals surface area contributed by atoms with E-state index in [0.717, 1.165) is 31.6 Å². The lowest BCUT2D eigenvalue weighted by Crippen LogP contribution is -2.24. The molecule has 0 fully saturated rings. The van der Waals surface area contributed by atoms with E-state index in [0.29, 0.717) is 0 Å². The zero-order valence-electron chi connectivity index (χ0n) is 11.2. The third-order valence-corrected chi connectivity index (χ3v) is 3.19. The van der Waals surface area contributed by atoms with Gasteiger partial charge in [-0.2, -0.15) is 0 Å². The molecule has 0 aliphatic heterocycles. The zero-order valence-corrected chi connectivity index (χ0v) is 11.2. The fourth-order valence-corrected chi connectivity index (χ4v) is 1.95. The maximum absolute atomic E-state index is 11.1. The quantitative estimate of drug-likeness (QED) is 0.674. The maximum Gasteiger partial charge on any atom is 0.159 e. The second kappa shape index (κ2) is 7.23. The number of hydrogen-bond donors (Lipinski definition) is 0. The normalized spacial score (nSPS) is 10.8. The number of nitrogens with zero attached hydrogens (tertiary/aromatic N) is 1. The van der Waals surface area contributed by atoms with Crippen LogP contribution < -0.4 is 0 Å². The van der Waals surface area contributed by atoms with Gasteiger partial charge in [-0.25, -0.2) is 0 Å². The minimum atomic E-state index is 0.139. The lowest BCUT2D eigenvalue weighted by Gasteiger charge is -2.17. The van der Waals surface area contributed by atoms with Crippen LogP contribution in [0.2, 0.25) is 0 Å². The minimum absolute atomic E-state index is 0.139. The largest absolute Gasteiger partial charge is 0.304 e. The summed E-state index contributed by atoms with van der Waals surface area (Å²) < 4.78 is 0. The van der Waals surface area contributed by atoms with Crippen molar-refractivity contribution in [2.24, 2.45) is 0 Å². The minimum Gasteiger partial charge on any atom is -0.304 e. The van der Waals surface area contributed by atoms with Gasteiger partial charge in [0.25, 0.3) is 0 Å². The molecule has 0 spiro atoms. The first-order chi connectivity index (χ1) is 8.17. The van der Waals surface area contributed by atoms with E-state index < -0.39 is 0 Å². The third kappa shape index (κ3) is 4.70. The summed E-state index contributed by atoms with van der Waals surface area (Å²) in [7, 11) is 0. The predicted molar refractivity (Wildman–Crippen MR) is 72.6 cm³/mol. The van der Waals surface area contributed by atoms with Crippen molar-refractivity contribution in [3.8, 4) is 0 Å².